The molecule has 0 N–H and O–H groups in total. The molecule has 0 amide bonds. The lowest BCUT2D eigenvalue weighted by Gasteiger charge is -2.13. The standard InChI is InChI=1S/C12H17N3/c1-8-6-9-10(7-8)12(15(4)5)13-11(9)14(2)3/h6-7H,1-5H3. The molecule has 0 aromatic carbocycles. The van der Waals surface area contributed by atoms with Crippen molar-refractivity contribution >= 4 is 5.84 Å². The van der Waals surface area contributed by atoms with E-state index in [9.17, 15) is 0 Å². The molecule has 3 nitrogen and oxygen atoms in total. The van der Waals surface area contributed by atoms with Gasteiger partial charge in [0, 0.05) is 39.3 Å². The van der Waals surface area contributed by atoms with Gasteiger partial charge in [-0.05, 0) is 24.6 Å². The van der Waals surface area contributed by atoms with Crippen molar-refractivity contribution in [3.05, 3.63) is 34.7 Å². The normalized spacial score (nSPS) is 18.6. The van der Waals surface area contributed by atoms with Crippen LogP contribution in [0.4, 0.5) is 0 Å². The third kappa shape index (κ3) is 1.48. The summed E-state index contributed by atoms with van der Waals surface area (Å²) in [5, 5.41) is 0. The fourth-order valence-corrected chi connectivity index (χ4v) is 1.93. The Morgan fingerprint density at radius 1 is 1.00 bits per heavy atom. The van der Waals surface area contributed by atoms with Gasteiger partial charge in [0.2, 0.25) is 0 Å². The number of nitrogens with zero attached hydrogens (tertiary/aromatic N) is 3. The number of amidine groups is 1. The maximum Gasteiger partial charge on any atom is 0.138 e. The zero-order chi connectivity index (χ0) is 11.2. The van der Waals surface area contributed by atoms with Crippen molar-refractivity contribution in [2.24, 2.45) is 4.99 Å². The highest BCUT2D eigenvalue weighted by molar-refractivity contribution is 6.07. The molecule has 1 aliphatic heterocycles. The van der Waals surface area contributed by atoms with Crippen LogP contribution in [0, 0.1) is 0 Å². The molecule has 15 heavy (non-hydrogen) atoms. The van der Waals surface area contributed by atoms with Crippen LogP contribution >= 0.6 is 0 Å². The summed E-state index contributed by atoms with van der Waals surface area (Å²) in [6, 6.07) is 0. The molecule has 0 spiro atoms. The van der Waals surface area contributed by atoms with E-state index in [0.717, 1.165) is 11.7 Å². The minimum Gasteiger partial charge on any atom is -0.362 e. The van der Waals surface area contributed by atoms with E-state index in [1.807, 2.05) is 28.2 Å². The van der Waals surface area contributed by atoms with E-state index in [1.54, 1.807) is 0 Å². The Bertz CT molecular complexity index is 420. The summed E-state index contributed by atoms with van der Waals surface area (Å²) in [5.41, 5.74) is 3.80. The quantitative estimate of drug-likeness (QED) is 0.645. The Balaban J connectivity index is 2.49. The third-order valence-electron chi connectivity index (χ3n) is 2.58. The molecule has 0 fully saturated rings. The van der Waals surface area contributed by atoms with Crippen molar-refractivity contribution in [2.45, 2.75) is 6.92 Å². The van der Waals surface area contributed by atoms with Crippen molar-refractivity contribution < 1.29 is 0 Å². The average Bonchev–Trinajstić information content (AvgIpc) is 2.59. The van der Waals surface area contributed by atoms with E-state index in [1.165, 1.54) is 16.7 Å². The van der Waals surface area contributed by atoms with Crippen LogP contribution in [0.2, 0.25) is 0 Å². The maximum absolute atomic E-state index is 4.64. The molecule has 2 aliphatic rings. The molecule has 0 atom stereocenters. The van der Waals surface area contributed by atoms with Gasteiger partial charge in [0.25, 0.3) is 0 Å². The monoisotopic (exact) mass is 203 g/mol. The van der Waals surface area contributed by atoms with Gasteiger partial charge < -0.3 is 9.80 Å². The fraction of sp³-hybridized carbons (Fsp3) is 0.417. The number of hydrogen-bond acceptors (Lipinski definition) is 3. The molecular formula is C12H17N3. The first kappa shape index (κ1) is 10.0. The minimum atomic E-state index is 1.06. The highest BCUT2D eigenvalue weighted by Crippen LogP contribution is 2.34. The van der Waals surface area contributed by atoms with Crippen LogP contribution in [-0.4, -0.2) is 43.8 Å². The molecule has 0 radical (unpaired) electrons. The van der Waals surface area contributed by atoms with Gasteiger partial charge in [-0.3, -0.25) is 0 Å². The van der Waals surface area contributed by atoms with E-state index in [4.69, 9.17) is 0 Å². The van der Waals surface area contributed by atoms with Crippen molar-refractivity contribution in [1.29, 1.82) is 0 Å². The second-order valence-corrected chi connectivity index (χ2v) is 4.41. The molecule has 3 heteroatoms. The van der Waals surface area contributed by atoms with Gasteiger partial charge in [0.05, 0.1) is 0 Å². The summed E-state index contributed by atoms with van der Waals surface area (Å²) in [6.45, 7) is 2.12. The molecule has 0 aromatic heterocycles. The molecule has 2 rings (SSSR count). The molecular weight excluding hydrogens is 186 g/mol. The van der Waals surface area contributed by atoms with Gasteiger partial charge >= 0.3 is 0 Å². The molecule has 0 unspecified atom stereocenters. The lowest BCUT2D eigenvalue weighted by molar-refractivity contribution is 0.503. The Morgan fingerprint density at radius 2 is 1.67 bits per heavy atom. The molecule has 1 heterocycles. The molecule has 0 bridgehead atoms. The summed E-state index contributed by atoms with van der Waals surface area (Å²) < 4.78 is 0. The van der Waals surface area contributed by atoms with Crippen LogP contribution in [0.5, 0.6) is 0 Å². The molecule has 0 saturated heterocycles. The lowest BCUT2D eigenvalue weighted by atomic mass is 10.1. The smallest absolute Gasteiger partial charge is 0.138 e. The number of allylic oxidation sites excluding steroid dienone is 3. The summed E-state index contributed by atoms with van der Waals surface area (Å²) in [7, 11) is 8.13. The molecule has 0 saturated carbocycles. The van der Waals surface area contributed by atoms with Crippen LogP contribution < -0.4 is 0 Å². The van der Waals surface area contributed by atoms with Gasteiger partial charge in [-0.2, -0.15) is 0 Å². The van der Waals surface area contributed by atoms with E-state index in [0.29, 0.717) is 0 Å². The Hall–Kier alpha value is -1.51. The van der Waals surface area contributed by atoms with Crippen LogP contribution in [0.15, 0.2) is 39.7 Å². The van der Waals surface area contributed by atoms with Crippen molar-refractivity contribution in [3.8, 4) is 0 Å². The Morgan fingerprint density at radius 3 is 2.20 bits per heavy atom. The topological polar surface area (TPSA) is 18.8 Å². The predicted octanol–water partition coefficient (Wildman–Crippen LogP) is 1.62. The minimum absolute atomic E-state index is 1.06. The van der Waals surface area contributed by atoms with Crippen LogP contribution in [0.3, 0.4) is 0 Å². The fourth-order valence-electron chi connectivity index (χ4n) is 1.93. The van der Waals surface area contributed by atoms with Gasteiger partial charge in [0.1, 0.15) is 11.7 Å². The first-order chi connectivity index (χ1) is 7.00. The van der Waals surface area contributed by atoms with Gasteiger partial charge in [0.15, 0.2) is 0 Å². The first-order valence-corrected chi connectivity index (χ1v) is 5.09. The third-order valence-corrected chi connectivity index (χ3v) is 2.58. The highest BCUT2D eigenvalue weighted by Gasteiger charge is 2.27. The molecule has 1 aliphatic carbocycles. The van der Waals surface area contributed by atoms with Crippen LogP contribution in [0.1, 0.15) is 6.92 Å². The summed E-state index contributed by atoms with van der Waals surface area (Å²) in [6.07, 6.45) is 4.40. The number of fused-ring (bicyclic) bond motifs is 1. The van der Waals surface area contributed by atoms with E-state index >= 15 is 0 Å². The first-order valence-electron chi connectivity index (χ1n) is 5.09. The number of likely N-dealkylation sites (N-methyl/N-ethyl adjacent to an activating group) is 1. The summed E-state index contributed by atoms with van der Waals surface area (Å²) >= 11 is 0. The molecule has 0 aromatic rings. The van der Waals surface area contributed by atoms with Crippen molar-refractivity contribution in [1.82, 2.24) is 9.80 Å². The van der Waals surface area contributed by atoms with Crippen molar-refractivity contribution in [3.63, 3.8) is 0 Å². The second-order valence-electron chi connectivity index (χ2n) is 4.41. The van der Waals surface area contributed by atoms with E-state index < -0.39 is 0 Å². The SMILES string of the molecule is CC1=CC2=C(N(C)C)N=C(N(C)C)C2=C1. The van der Waals surface area contributed by atoms with E-state index in [-0.39, 0.29) is 0 Å². The summed E-state index contributed by atoms with van der Waals surface area (Å²) in [4.78, 5) is 8.77. The number of rotatable bonds is 1. The second kappa shape index (κ2) is 3.26. The van der Waals surface area contributed by atoms with Crippen LogP contribution in [0.25, 0.3) is 0 Å². The Kier molecular flexibility index (Phi) is 2.18. The maximum atomic E-state index is 4.64. The number of aliphatic imine (C=N–C) groups is 1. The van der Waals surface area contributed by atoms with Gasteiger partial charge in [-0.1, -0.05) is 0 Å². The molecule has 80 valence electrons. The average molecular weight is 203 g/mol. The number of hydrogen-bond donors (Lipinski definition) is 0. The van der Waals surface area contributed by atoms with Gasteiger partial charge in [-0.15, -0.1) is 0 Å². The highest BCUT2D eigenvalue weighted by atomic mass is 15.2. The van der Waals surface area contributed by atoms with Gasteiger partial charge in [-0.25, -0.2) is 4.99 Å². The zero-order valence-electron chi connectivity index (χ0n) is 10.00. The zero-order valence-corrected chi connectivity index (χ0v) is 10.00. The lowest BCUT2D eigenvalue weighted by Crippen LogP contribution is -2.22. The van der Waals surface area contributed by atoms with Crippen LogP contribution in [-0.2, 0) is 0 Å². The van der Waals surface area contributed by atoms with Crippen molar-refractivity contribution in [2.75, 3.05) is 28.2 Å². The predicted molar refractivity (Wildman–Crippen MR) is 63.7 cm³/mol. The Labute approximate surface area is 91.1 Å². The van der Waals surface area contributed by atoms with E-state index in [2.05, 4.69) is 33.9 Å². The largest absolute Gasteiger partial charge is 0.362 e. The summed E-state index contributed by atoms with van der Waals surface area (Å²) in [5.74, 6) is 2.11.